The Morgan fingerprint density at radius 1 is 1.41 bits per heavy atom. The normalized spacial score (nSPS) is 16.9. The van der Waals surface area contributed by atoms with Crippen LogP contribution in [0.3, 0.4) is 0 Å². The lowest BCUT2D eigenvalue weighted by Gasteiger charge is -2.30. The first-order chi connectivity index (χ1) is 8.20. The van der Waals surface area contributed by atoms with E-state index in [9.17, 15) is 4.79 Å². The van der Waals surface area contributed by atoms with Crippen molar-refractivity contribution in [2.24, 2.45) is 5.92 Å². The third-order valence-corrected chi connectivity index (χ3v) is 3.48. The molecule has 0 aliphatic carbocycles. The molecule has 0 atom stereocenters. The van der Waals surface area contributed by atoms with E-state index in [0.717, 1.165) is 35.4 Å². The van der Waals surface area contributed by atoms with Crippen molar-refractivity contribution in [3.05, 3.63) is 16.0 Å². The van der Waals surface area contributed by atoms with Crippen LogP contribution in [0.2, 0.25) is 0 Å². The van der Waals surface area contributed by atoms with Gasteiger partial charge in [-0.1, -0.05) is 0 Å². The molecule has 6 heteroatoms. The third kappa shape index (κ3) is 3.05. The number of aromatic nitrogens is 2. The second-order valence-corrected chi connectivity index (χ2v) is 5.23. The second kappa shape index (κ2) is 5.61. The lowest BCUT2D eigenvalue weighted by Crippen LogP contribution is -2.37. The number of piperidine rings is 1. The number of nitrogens with zero attached hydrogens (tertiary/aromatic N) is 3. The van der Waals surface area contributed by atoms with Gasteiger partial charge in [-0.2, -0.15) is 0 Å². The van der Waals surface area contributed by atoms with Crippen molar-refractivity contribution in [3.63, 3.8) is 0 Å². The molecule has 0 amide bonds. The number of halogens is 1. The summed E-state index contributed by atoms with van der Waals surface area (Å²) in [6.07, 6.45) is 5.22. The Morgan fingerprint density at radius 2 is 2.00 bits per heavy atom. The number of anilines is 1. The van der Waals surface area contributed by atoms with E-state index >= 15 is 0 Å². The highest BCUT2D eigenvalue weighted by molar-refractivity contribution is 14.1. The molecule has 5 nitrogen and oxygen atoms in total. The maximum absolute atomic E-state index is 11.4. The first-order valence-corrected chi connectivity index (χ1v) is 6.59. The van der Waals surface area contributed by atoms with Gasteiger partial charge in [0.1, 0.15) is 0 Å². The van der Waals surface area contributed by atoms with Gasteiger partial charge in [0.25, 0.3) is 0 Å². The number of hydrogen-bond donors (Lipinski definition) is 0. The van der Waals surface area contributed by atoms with Crippen LogP contribution < -0.4 is 4.90 Å². The van der Waals surface area contributed by atoms with Crippen LogP contribution in [-0.2, 0) is 9.53 Å². The molecule has 0 spiro atoms. The summed E-state index contributed by atoms with van der Waals surface area (Å²) in [7, 11) is 1.44. The standard InChI is InChI=1S/C11H14IN3O2/c1-17-10(16)8-2-4-15(5-3-8)11-13-6-9(12)7-14-11/h6-8H,2-5H2,1H3. The molecule has 92 valence electrons. The van der Waals surface area contributed by atoms with E-state index in [2.05, 4.69) is 37.5 Å². The predicted molar refractivity (Wildman–Crippen MR) is 71.7 cm³/mol. The summed E-state index contributed by atoms with van der Waals surface area (Å²) >= 11 is 2.18. The molecule has 1 aromatic heterocycles. The Bertz CT molecular complexity index is 388. The first-order valence-electron chi connectivity index (χ1n) is 5.51. The minimum Gasteiger partial charge on any atom is -0.469 e. The van der Waals surface area contributed by atoms with E-state index in [1.807, 2.05) is 0 Å². The van der Waals surface area contributed by atoms with E-state index in [1.54, 1.807) is 12.4 Å². The average molecular weight is 347 g/mol. The molecule has 0 N–H and O–H groups in total. The van der Waals surface area contributed by atoms with Crippen molar-refractivity contribution in [2.45, 2.75) is 12.8 Å². The van der Waals surface area contributed by atoms with E-state index in [0.29, 0.717) is 0 Å². The van der Waals surface area contributed by atoms with Crippen molar-refractivity contribution in [2.75, 3.05) is 25.1 Å². The van der Waals surface area contributed by atoms with Crippen molar-refractivity contribution in [1.29, 1.82) is 0 Å². The molecule has 2 heterocycles. The smallest absolute Gasteiger partial charge is 0.308 e. The number of carbonyl (C=O) groups is 1. The van der Waals surface area contributed by atoms with E-state index < -0.39 is 0 Å². The molecule has 1 saturated heterocycles. The summed E-state index contributed by atoms with van der Waals surface area (Å²) in [5.41, 5.74) is 0. The molecule has 0 saturated carbocycles. The van der Waals surface area contributed by atoms with E-state index in [-0.39, 0.29) is 11.9 Å². The zero-order valence-electron chi connectivity index (χ0n) is 9.60. The van der Waals surface area contributed by atoms with Crippen molar-refractivity contribution in [3.8, 4) is 0 Å². The zero-order valence-corrected chi connectivity index (χ0v) is 11.8. The Morgan fingerprint density at radius 3 is 2.53 bits per heavy atom. The van der Waals surface area contributed by atoms with Gasteiger partial charge in [-0.05, 0) is 35.4 Å². The second-order valence-electron chi connectivity index (χ2n) is 3.99. The Labute approximate surface area is 114 Å². The van der Waals surface area contributed by atoms with Crippen LogP contribution in [0.25, 0.3) is 0 Å². The van der Waals surface area contributed by atoms with Crippen LogP contribution in [0, 0.1) is 9.49 Å². The number of hydrogen-bond acceptors (Lipinski definition) is 5. The van der Waals surface area contributed by atoms with Gasteiger partial charge in [0.2, 0.25) is 5.95 Å². The molecule has 1 fully saturated rings. The summed E-state index contributed by atoms with van der Waals surface area (Å²) in [5, 5.41) is 0. The lowest BCUT2D eigenvalue weighted by atomic mass is 9.97. The first kappa shape index (κ1) is 12.5. The predicted octanol–water partition coefficient (Wildman–Crippen LogP) is 1.47. The molecule has 1 aliphatic rings. The maximum Gasteiger partial charge on any atom is 0.308 e. The monoisotopic (exact) mass is 347 g/mol. The van der Waals surface area contributed by atoms with Gasteiger partial charge in [0.15, 0.2) is 0 Å². The van der Waals surface area contributed by atoms with Gasteiger partial charge in [0, 0.05) is 29.1 Å². The molecule has 1 aromatic rings. The summed E-state index contributed by atoms with van der Waals surface area (Å²) in [5.74, 6) is 0.669. The highest BCUT2D eigenvalue weighted by atomic mass is 127. The molecular weight excluding hydrogens is 333 g/mol. The minimum absolute atomic E-state index is 0.0279. The fourth-order valence-corrected chi connectivity index (χ4v) is 2.23. The number of ether oxygens (including phenoxy) is 1. The molecule has 1 aliphatic heterocycles. The number of carbonyl (C=O) groups excluding carboxylic acids is 1. The van der Waals surface area contributed by atoms with Gasteiger partial charge < -0.3 is 9.64 Å². The molecule has 17 heavy (non-hydrogen) atoms. The summed E-state index contributed by atoms with van der Waals surface area (Å²) in [6.45, 7) is 1.61. The number of rotatable bonds is 2. The maximum atomic E-state index is 11.4. The Balaban J connectivity index is 1.95. The van der Waals surface area contributed by atoms with Gasteiger partial charge >= 0.3 is 5.97 Å². The lowest BCUT2D eigenvalue weighted by molar-refractivity contribution is -0.146. The van der Waals surface area contributed by atoms with Gasteiger partial charge in [-0.15, -0.1) is 0 Å². The van der Waals surface area contributed by atoms with Gasteiger partial charge in [-0.3, -0.25) is 4.79 Å². The highest BCUT2D eigenvalue weighted by Gasteiger charge is 2.26. The van der Waals surface area contributed by atoms with E-state index in [4.69, 9.17) is 4.74 Å². The Hall–Kier alpha value is -0.920. The number of esters is 1. The Kier molecular flexibility index (Phi) is 4.14. The highest BCUT2D eigenvalue weighted by Crippen LogP contribution is 2.21. The average Bonchev–Trinajstić information content (AvgIpc) is 2.39. The number of methoxy groups -OCH3 is 1. The fraction of sp³-hybridized carbons (Fsp3) is 0.545. The molecule has 0 bridgehead atoms. The SMILES string of the molecule is COC(=O)C1CCN(c2ncc(I)cn2)CC1. The van der Waals surface area contributed by atoms with Crippen molar-refractivity contribution in [1.82, 2.24) is 9.97 Å². The van der Waals surface area contributed by atoms with Crippen molar-refractivity contribution < 1.29 is 9.53 Å². The molecule has 0 radical (unpaired) electrons. The van der Waals surface area contributed by atoms with Gasteiger partial charge in [-0.25, -0.2) is 9.97 Å². The fourth-order valence-electron chi connectivity index (χ4n) is 1.95. The summed E-state index contributed by atoms with van der Waals surface area (Å²) in [6, 6.07) is 0. The van der Waals surface area contributed by atoms with Crippen LogP contribution in [0.5, 0.6) is 0 Å². The van der Waals surface area contributed by atoms with Crippen LogP contribution in [0.1, 0.15) is 12.8 Å². The van der Waals surface area contributed by atoms with Crippen LogP contribution in [-0.4, -0.2) is 36.1 Å². The molecule has 2 rings (SSSR count). The molecular formula is C11H14IN3O2. The zero-order chi connectivity index (χ0) is 12.3. The topological polar surface area (TPSA) is 55.3 Å². The summed E-state index contributed by atoms with van der Waals surface area (Å²) in [4.78, 5) is 22.1. The summed E-state index contributed by atoms with van der Waals surface area (Å²) < 4.78 is 5.78. The quantitative estimate of drug-likeness (QED) is 0.599. The largest absolute Gasteiger partial charge is 0.469 e. The van der Waals surface area contributed by atoms with Crippen LogP contribution in [0.4, 0.5) is 5.95 Å². The van der Waals surface area contributed by atoms with Crippen LogP contribution in [0.15, 0.2) is 12.4 Å². The third-order valence-electron chi connectivity index (χ3n) is 2.92. The van der Waals surface area contributed by atoms with Gasteiger partial charge in [0.05, 0.1) is 13.0 Å². The minimum atomic E-state index is -0.104. The molecule has 0 unspecified atom stereocenters. The van der Waals surface area contributed by atoms with Crippen molar-refractivity contribution >= 4 is 34.5 Å². The molecule has 0 aromatic carbocycles. The van der Waals surface area contributed by atoms with Crippen LogP contribution >= 0.6 is 22.6 Å². The van der Waals surface area contributed by atoms with E-state index in [1.165, 1.54) is 7.11 Å².